The normalized spacial score (nSPS) is 15.3. The Hall–Kier alpha value is -3.32. The number of fused-ring (bicyclic) bond motifs is 1. The lowest BCUT2D eigenvalue weighted by molar-refractivity contribution is 0.0491. The van der Waals surface area contributed by atoms with Crippen molar-refractivity contribution in [2.45, 2.75) is 6.17 Å². The summed E-state index contributed by atoms with van der Waals surface area (Å²) in [6.07, 6.45) is -0.567. The molecule has 1 aliphatic heterocycles. The number of benzene rings is 3. The van der Waals surface area contributed by atoms with Gasteiger partial charge in [-0.15, -0.1) is 0 Å². The van der Waals surface area contributed by atoms with E-state index in [4.69, 9.17) is 4.74 Å². The van der Waals surface area contributed by atoms with Gasteiger partial charge in [-0.05, 0) is 54.1 Å². The van der Waals surface area contributed by atoms with Crippen molar-refractivity contribution in [3.8, 4) is 5.75 Å². The van der Waals surface area contributed by atoms with Crippen LogP contribution in [-0.2, 0) is 0 Å². The molecule has 7 heteroatoms. The Bertz CT molecular complexity index is 1050. The van der Waals surface area contributed by atoms with Gasteiger partial charge in [0.05, 0.1) is 12.7 Å². The van der Waals surface area contributed by atoms with E-state index < -0.39 is 6.17 Å². The Morgan fingerprint density at radius 2 is 1.72 bits per heavy atom. The summed E-state index contributed by atoms with van der Waals surface area (Å²) in [5, 5.41) is 4.67. The van der Waals surface area contributed by atoms with Gasteiger partial charge in [0.25, 0.3) is 11.8 Å². The van der Waals surface area contributed by atoms with Gasteiger partial charge in [0.1, 0.15) is 11.9 Å². The van der Waals surface area contributed by atoms with Gasteiger partial charge >= 0.3 is 0 Å². The molecule has 0 aromatic heterocycles. The van der Waals surface area contributed by atoms with Crippen molar-refractivity contribution in [1.82, 2.24) is 10.4 Å². The number of methoxy groups -OCH3 is 1. The number of rotatable bonds is 4. The molecule has 0 unspecified atom stereocenters. The highest BCUT2D eigenvalue weighted by Gasteiger charge is 2.34. The lowest BCUT2D eigenvalue weighted by Gasteiger charge is -2.37. The van der Waals surface area contributed by atoms with Crippen molar-refractivity contribution >= 4 is 33.4 Å². The zero-order valence-electron chi connectivity index (χ0n) is 15.6. The summed E-state index contributed by atoms with van der Waals surface area (Å²) in [4.78, 5) is 26.0. The molecule has 0 radical (unpaired) electrons. The number of carbonyl (C=O) groups is 2. The number of hydrogen-bond donors (Lipinski definition) is 2. The highest BCUT2D eigenvalue weighted by molar-refractivity contribution is 9.10. The first-order valence-corrected chi connectivity index (χ1v) is 9.76. The lowest BCUT2D eigenvalue weighted by Crippen LogP contribution is -2.52. The van der Waals surface area contributed by atoms with E-state index in [1.54, 1.807) is 43.5 Å². The van der Waals surface area contributed by atoms with Crippen LogP contribution in [-0.4, -0.2) is 23.9 Å². The van der Waals surface area contributed by atoms with Gasteiger partial charge in [-0.2, -0.15) is 0 Å². The average Bonchev–Trinajstić information content (AvgIpc) is 2.76. The van der Waals surface area contributed by atoms with Crippen molar-refractivity contribution in [2.75, 3.05) is 12.4 Å². The molecule has 0 spiro atoms. The van der Waals surface area contributed by atoms with Crippen LogP contribution in [0.1, 0.15) is 32.4 Å². The first-order chi connectivity index (χ1) is 14.1. The molecule has 146 valence electrons. The predicted octanol–water partition coefficient (Wildman–Crippen LogP) is 4.37. The summed E-state index contributed by atoms with van der Waals surface area (Å²) in [6, 6.07) is 21.5. The third-order valence-corrected chi connectivity index (χ3v) is 5.22. The molecule has 2 N–H and O–H groups in total. The molecule has 4 rings (SSSR count). The van der Waals surface area contributed by atoms with Gasteiger partial charge in [-0.25, -0.2) is 5.01 Å². The predicted molar refractivity (Wildman–Crippen MR) is 114 cm³/mol. The fourth-order valence-electron chi connectivity index (χ4n) is 3.16. The molecule has 1 heterocycles. The number of hydrazine groups is 1. The third-order valence-electron chi connectivity index (χ3n) is 4.69. The number of ether oxygens (including phenoxy) is 1. The average molecular weight is 452 g/mol. The second kappa shape index (κ2) is 7.97. The smallest absolute Gasteiger partial charge is 0.276 e. The van der Waals surface area contributed by atoms with Gasteiger partial charge in [0.2, 0.25) is 0 Å². The number of hydrogen-bond acceptors (Lipinski definition) is 4. The zero-order chi connectivity index (χ0) is 20.4. The van der Waals surface area contributed by atoms with E-state index in [1.807, 2.05) is 36.4 Å². The van der Waals surface area contributed by atoms with E-state index in [0.717, 1.165) is 10.0 Å². The standard InChI is InChI=1S/C22H18BrN3O3/c1-29-17-12-8-14(9-13-17)20-24-19-5-3-2-4-18(19)22(28)26(20)25-21(27)15-6-10-16(23)11-7-15/h2-13,20,24H,1H3,(H,25,27)/t20-/m0/s1. The molecule has 0 bridgehead atoms. The number of carbonyl (C=O) groups excluding carboxylic acids is 2. The van der Waals surface area contributed by atoms with Gasteiger partial charge in [0.15, 0.2) is 0 Å². The summed E-state index contributed by atoms with van der Waals surface area (Å²) in [7, 11) is 1.60. The van der Waals surface area contributed by atoms with E-state index >= 15 is 0 Å². The maximum absolute atomic E-state index is 13.2. The maximum Gasteiger partial charge on any atom is 0.276 e. The second-order valence-corrected chi connectivity index (χ2v) is 7.40. The summed E-state index contributed by atoms with van der Waals surface area (Å²) < 4.78 is 6.09. The summed E-state index contributed by atoms with van der Waals surface area (Å²) in [5.41, 5.74) is 5.23. The molecule has 1 aliphatic rings. The SMILES string of the molecule is COc1ccc([C@H]2Nc3ccccc3C(=O)N2NC(=O)c2ccc(Br)cc2)cc1. The van der Waals surface area contributed by atoms with Crippen LogP contribution in [0, 0.1) is 0 Å². The summed E-state index contributed by atoms with van der Waals surface area (Å²) in [6.45, 7) is 0. The molecule has 29 heavy (non-hydrogen) atoms. The van der Waals surface area contributed by atoms with Crippen LogP contribution in [0.3, 0.4) is 0 Å². The largest absolute Gasteiger partial charge is 0.497 e. The van der Waals surface area contributed by atoms with Gasteiger partial charge in [0, 0.05) is 15.7 Å². The first-order valence-electron chi connectivity index (χ1n) is 8.96. The molecule has 0 aliphatic carbocycles. The van der Waals surface area contributed by atoms with Crippen molar-refractivity contribution in [3.05, 3.63) is 94.0 Å². The number of para-hydroxylation sites is 1. The van der Waals surface area contributed by atoms with Crippen molar-refractivity contribution in [2.24, 2.45) is 0 Å². The van der Waals surface area contributed by atoms with Gasteiger partial charge < -0.3 is 10.1 Å². The number of nitrogens with zero attached hydrogens (tertiary/aromatic N) is 1. The van der Waals surface area contributed by atoms with Crippen LogP contribution in [0.15, 0.2) is 77.3 Å². The number of halogens is 1. The summed E-state index contributed by atoms with van der Waals surface area (Å²) in [5.74, 6) is 0.0536. The molecule has 1 atom stereocenters. The van der Waals surface area contributed by atoms with E-state index in [-0.39, 0.29) is 11.8 Å². The number of nitrogens with one attached hydrogen (secondary N) is 2. The lowest BCUT2D eigenvalue weighted by atomic mass is 10.0. The first kappa shape index (κ1) is 19.0. The molecule has 2 amide bonds. The molecule has 0 saturated carbocycles. The van der Waals surface area contributed by atoms with Crippen LogP contribution in [0.25, 0.3) is 0 Å². The van der Waals surface area contributed by atoms with E-state index in [9.17, 15) is 9.59 Å². The Labute approximate surface area is 176 Å². The van der Waals surface area contributed by atoms with E-state index in [1.165, 1.54) is 5.01 Å². The fraction of sp³-hybridized carbons (Fsp3) is 0.0909. The minimum absolute atomic E-state index is 0.286. The zero-order valence-corrected chi connectivity index (χ0v) is 17.1. The van der Waals surface area contributed by atoms with Gasteiger partial charge in [-0.3, -0.25) is 15.0 Å². The number of amides is 2. The Morgan fingerprint density at radius 1 is 1.03 bits per heavy atom. The summed E-state index contributed by atoms with van der Waals surface area (Å²) >= 11 is 3.36. The fourth-order valence-corrected chi connectivity index (χ4v) is 3.43. The molecule has 6 nitrogen and oxygen atoms in total. The Balaban J connectivity index is 1.69. The minimum atomic E-state index is -0.567. The van der Waals surface area contributed by atoms with Crippen molar-refractivity contribution in [1.29, 1.82) is 0 Å². The quantitative estimate of drug-likeness (QED) is 0.617. The molecule has 0 fully saturated rings. The van der Waals surface area contributed by atoms with Crippen LogP contribution in [0.2, 0.25) is 0 Å². The van der Waals surface area contributed by atoms with Crippen LogP contribution in [0.5, 0.6) is 5.75 Å². The van der Waals surface area contributed by atoms with E-state index in [2.05, 4.69) is 26.7 Å². The van der Waals surface area contributed by atoms with Crippen LogP contribution >= 0.6 is 15.9 Å². The highest BCUT2D eigenvalue weighted by atomic mass is 79.9. The molecular formula is C22H18BrN3O3. The second-order valence-electron chi connectivity index (χ2n) is 6.49. The van der Waals surface area contributed by atoms with Crippen molar-refractivity contribution < 1.29 is 14.3 Å². The monoisotopic (exact) mass is 451 g/mol. The van der Waals surface area contributed by atoms with Crippen molar-refractivity contribution in [3.63, 3.8) is 0 Å². The van der Waals surface area contributed by atoms with Gasteiger partial charge in [-0.1, -0.05) is 40.2 Å². The number of anilines is 1. The molecule has 3 aromatic carbocycles. The topological polar surface area (TPSA) is 70.7 Å². The maximum atomic E-state index is 13.2. The van der Waals surface area contributed by atoms with E-state index in [0.29, 0.717) is 22.6 Å². The third kappa shape index (κ3) is 3.82. The van der Waals surface area contributed by atoms with Crippen LogP contribution < -0.4 is 15.5 Å². The molecule has 3 aromatic rings. The molecule has 0 saturated heterocycles. The Kier molecular flexibility index (Phi) is 5.22. The Morgan fingerprint density at radius 3 is 2.41 bits per heavy atom. The highest BCUT2D eigenvalue weighted by Crippen LogP contribution is 2.32. The van der Waals surface area contributed by atoms with Crippen LogP contribution in [0.4, 0.5) is 5.69 Å². The minimum Gasteiger partial charge on any atom is -0.497 e. The molecular weight excluding hydrogens is 434 g/mol.